The average Bonchev–Trinajstić information content (AvgIpc) is 3.17. The smallest absolute Gasteiger partial charge is 0.334 e. The van der Waals surface area contributed by atoms with Gasteiger partial charge < -0.3 is 34.6 Å². The van der Waals surface area contributed by atoms with Gasteiger partial charge in [-0.3, -0.25) is 0 Å². The second-order valence-corrected chi connectivity index (χ2v) is 8.46. The van der Waals surface area contributed by atoms with Crippen LogP contribution in [0.25, 0.3) is 0 Å². The molecule has 2 saturated heterocycles. The standard InChI is InChI=1S/C21H28O8/c1-8-4-5-11-9(2)13(6-12-10(3)20(26)29-19(12)15(8)11)27-21-18(25)17(24)16(23)14(7-22)28-21/h11-19,21-25H,1-7H2/t11-,12-,13-,14+,15-,16+,17-,18+,19-,21+/m0/s1. The second-order valence-electron chi connectivity index (χ2n) is 8.46. The van der Waals surface area contributed by atoms with Crippen molar-refractivity contribution in [3.8, 4) is 0 Å². The van der Waals surface area contributed by atoms with Gasteiger partial charge in [-0.15, -0.1) is 0 Å². The molecule has 8 heteroatoms. The SMILES string of the molecule is C=C1CC[C@H]2C(=C)[C@@H](O[C@@H]3O[C@H](CO)[C@@H](O)[C@H](O)[C@H]3O)C[C@H]3C(=C)C(=O)O[C@@H]3[C@@H]12. The molecular weight excluding hydrogens is 380 g/mol. The first-order chi connectivity index (χ1) is 13.7. The molecule has 4 rings (SSSR count). The van der Waals surface area contributed by atoms with Gasteiger partial charge in [0.05, 0.1) is 12.7 Å². The van der Waals surface area contributed by atoms with Crippen molar-refractivity contribution in [2.24, 2.45) is 17.8 Å². The highest BCUT2D eigenvalue weighted by atomic mass is 16.7. The van der Waals surface area contributed by atoms with E-state index >= 15 is 0 Å². The van der Waals surface area contributed by atoms with Crippen LogP contribution in [-0.2, 0) is 19.0 Å². The van der Waals surface area contributed by atoms with E-state index in [2.05, 4.69) is 19.7 Å². The molecule has 10 atom stereocenters. The molecule has 0 radical (unpaired) electrons. The van der Waals surface area contributed by atoms with E-state index in [4.69, 9.17) is 14.2 Å². The molecule has 29 heavy (non-hydrogen) atoms. The Bertz CT molecular complexity index is 730. The van der Waals surface area contributed by atoms with Crippen molar-refractivity contribution < 1.29 is 39.4 Å². The molecule has 2 aliphatic heterocycles. The minimum absolute atomic E-state index is 0.00564. The molecule has 2 aliphatic carbocycles. The number of carbonyl (C=O) groups excluding carboxylic acids is 1. The Hall–Kier alpha value is -1.55. The normalized spacial score (nSPS) is 47.6. The van der Waals surface area contributed by atoms with E-state index in [0.717, 1.165) is 24.0 Å². The fourth-order valence-electron chi connectivity index (χ4n) is 5.19. The van der Waals surface area contributed by atoms with Crippen molar-refractivity contribution in [3.05, 3.63) is 36.5 Å². The molecule has 4 fully saturated rings. The van der Waals surface area contributed by atoms with E-state index in [0.29, 0.717) is 12.0 Å². The third kappa shape index (κ3) is 3.28. The first-order valence-electron chi connectivity index (χ1n) is 9.96. The highest BCUT2D eigenvalue weighted by Crippen LogP contribution is 2.52. The Kier molecular flexibility index (Phi) is 5.43. The minimum atomic E-state index is -1.52. The van der Waals surface area contributed by atoms with Crippen LogP contribution in [0.5, 0.6) is 0 Å². The van der Waals surface area contributed by atoms with Crippen LogP contribution >= 0.6 is 0 Å². The van der Waals surface area contributed by atoms with Gasteiger partial charge >= 0.3 is 5.97 Å². The molecule has 0 unspecified atom stereocenters. The van der Waals surface area contributed by atoms with Gasteiger partial charge in [-0.25, -0.2) is 4.79 Å². The molecule has 4 N–H and O–H groups in total. The van der Waals surface area contributed by atoms with Crippen LogP contribution in [0.4, 0.5) is 0 Å². The number of ether oxygens (including phenoxy) is 3. The zero-order valence-corrected chi connectivity index (χ0v) is 16.1. The third-order valence-corrected chi connectivity index (χ3v) is 6.89. The van der Waals surface area contributed by atoms with Crippen LogP contribution in [0, 0.1) is 17.8 Å². The number of aliphatic hydroxyl groups excluding tert-OH is 4. The summed E-state index contributed by atoms with van der Waals surface area (Å²) in [4.78, 5) is 12.2. The molecule has 4 aliphatic rings. The van der Waals surface area contributed by atoms with E-state index in [1.54, 1.807) is 0 Å². The number of hydrogen-bond acceptors (Lipinski definition) is 8. The van der Waals surface area contributed by atoms with Crippen LogP contribution < -0.4 is 0 Å². The topological polar surface area (TPSA) is 126 Å². The van der Waals surface area contributed by atoms with Crippen molar-refractivity contribution in [1.82, 2.24) is 0 Å². The summed E-state index contributed by atoms with van der Waals surface area (Å²) in [6.07, 6.45) is -5.79. The number of carbonyl (C=O) groups is 1. The zero-order valence-electron chi connectivity index (χ0n) is 16.1. The predicted molar refractivity (Wildman–Crippen MR) is 100 cm³/mol. The second kappa shape index (κ2) is 7.61. The molecule has 0 aromatic rings. The number of hydrogen-bond donors (Lipinski definition) is 4. The Morgan fingerprint density at radius 1 is 1.07 bits per heavy atom. The van der Waals surface area contributed by atoms with E-state index in [1.807, 2.05) is 0 Å². The van der Waals surface area contributed by atoms with Gasteiger partial charge in [-0.2, -0.15) is 0 Å². The van der Waals surface area contributed by atoms with Crippen molar-refractivity contribution in [2.45, 2.75) is 62.2 Å². The maximum absolute atomic E-state index is 12.2. The Morgan fingerprint density at radius 3 is 2.48 bits per heavy atom. The summed E-state index contributed by atoms with van der Waals surface area (Å²) in [6, 6.07) is 0. The summed E-state index contributed by atoms with van der Waals surface area (Å²) in [5.41, 5.74) is 2.19. The lowest BCUT2D eigenvalue weighted by Gasteiger charge is -2.41. The Morgan fingerprint density at radius 2 is 1.79 bits per heavy atom. The van der Waals surface area contributed by atoms with Crippen LogP contribution in [0.15, 0.2) is 36.5 Å². The van der Waals surface area contributed by atoms with Crippen molar-refractivity contribution in [1.29, 1.82) is 0 Å². The molecular formula is C21H28O8. The van der Waals surface area contributed by atoms with Crippen LogP contribution in [-0.4, -0.2) is 75.9 Å². The first-order valence-corrected chi connectivity index (χ1v) is 9.96. The van der Waals surface area contributed by atoms with Gasteiger partial charge in [0.15, 0.2) is 6.29 Å². The summed E-state index contributed by atoms with van der Waals surface area (Å²) in [7, 11) is 0. The molecule has 0 spiro atoms. The number of rotatable bonds is 3. The van der Waals surface area contributed by atoms with Gasteiger partial charge in [0.1, 0.15) is 30.5 Å². The van der Waals surface area contributed by atoms with Gasteiger partial charge in [-0.05, 0) is 30.8 Å². The highest BCUT2D eigenvalue weighted by Gasteiger charge is 2.54. The van der Waals surface area contributed by atoms with E-state index in [1.165, 1.54) is 0 Å². The zero-order chi connectivity index (χ0) is 21.0. The molecule has 2 saturated carbocycles. The fourth-order valence-corrected chi connectivity index (χ4v) is 5.19. The predicted octanol–water partition coefficient (Wildman–Crippen LogP) is -0.188. The van der Waals surface area contributed by atoms with Gasteiger partial charge in [0.2, 0.25) is 0 Å². The molecule has 2 heterocycles. The highest BCUT2D eigenvalue weighted by molar-refractivity contribution is 5.91. The lowest BCUT2D eigenvalue weighted by molar-refractivity contribution is -0.309. The third-order valence-electron chi connectivity index (χ3n) is 6.89. The molecule has 0 amide bonds. The summed E-state index contributed by atoms with van der Waals surface area (Å²) < 4.78 is 17.2. The lowest BCUT2D eigenvalue weighted by Crippen LogP contribution is -2.59. The number of fused-ring (bicyclic) bond motifs is 3. The molecule has 0 aromatic heterocycles. The average molecular weight is 408 g/mol. The number of aliphatic hydroxyl groups is 4. The van der Waals surface area contributed by atoms with E-state index < -0.39 is 49.4 Å². The largest absolute Gasteiger partial charge is 0.458 e. The minimum Gasteiger partial charge on any atom is -0.458 e. The van der Waals surface area contributed by atoms with E-state index in [-0.39, 0.29) is 23.9 Å². The van der Waals surface area contributed by atoms with Crippen molar-refractivity contribution in [3.63, 3.8) is 0 Å². The van der Waals surface area contributed by atoms with Crippen LogP contribution in [0.2, 0.25) is 0 Å². The fraction of sp³-hybridized carbons (Fsp3) is 0.667. The van der Waals surface area contributed by atoms with E-state index in [9.17, 15) is 25.2 Å². The molecule has 8 nitrogen and oxygen atoms in total. The van der Waals surface area contributed by atoms with Gasteiger partial charge in [-0.1, -0.05) is 25.3 Å². The summed E-state index contributed by atoms with van der Waals surface area (Å²) in [6.45, 7) is 11.7. The maximum Gasteiger partial charge on any atom is 0.334 e. The molecule has 0 bridgehead atoms. The molecule has 160 valence electrons. The monoisotopic (exact) mass is 408 g/mol. The van der Waals surface area contributed by atoms with Gasteiger partial charge in [0, 0.05) is 17.4 Å². The Balaban J connectivity index is 1.60. The first kappa shape index (κ1) is 20.7. The summed E-state index contributed by atoms with van der Waals surface area (Å²) in [5, 5.41) is 39.8. The van der Waals surface area contributed by atoms with Crippen molar-refractivity contribution in [2.75, 3.05) is 6.61 Å². The maximum atomic E-state index is 12.2. The molecule has 0 aromatic carbocycles. The van der Waals surface area contributed by atoms with Gasteiger partial charge in [0.25, 0.3) is 0 Å². The Labute approximate surface area is 169 Å². The van der Waals surface area contributed by atoms with Crippen LogP contribution in [0.3, 0.4) is 0 Å². The van der Waals surface area contributed by atoms with Crippen LogP contribution in [0.1, 0.15) is 19.3 Å². The lowest BCUT2D eigenvalue weighted by atomic mass is 9.82. The summed E-state index contributed by atoms with van der Waals surface area (Å²) in [5.74, 6) is -0.748. The van der Waals surface area contributed by atoms with Crippen molar-refractivity contribution >= 4 is 5.97 Å². The number of esters is 1. The quantitative estimate of drug-likeness (QED) is 0.288. The summed E-state index contributed by atoms with van der Waals surface area (Å²) >= 11 is 0.